The molecule has 0 amide bonds. The van der Waals surface area contributed by atoms with Gasteiger partial charge in [0.2, 0.25) is 0 Å². The van der Waals surface area contributed by atoms with E-state index in [1.807, 2.05) is 6.07 Å². The maximum absolute atomic E-state index is 12.3. The number of halogens is 1. The van der Waals surface area contributed by atoms with Gasteiger partial charge in [0, 0.05) is 12.7 Å². The van der Waals surface area contributed by atoms with E-state index in [9.17, 15) is 4.79 Å². The van der Waals surface area contributed by atoms with E-state index in [1.54, 1.807) is 12.3 Å². The van der Waals surface area contributed by atoms with Crippen LogP contribution in [0.3, 0.4) is 0 Å². The van der Waals surface area contributed by atoms with Crippen LogP contribution in [-0.2, 0) is 13.1 Å². The molecule has 20 heavy (non-hydrogen) atoms. The first-order valence-corrected chi connectivity index (χ1v) is 6.88. The molecule has 3 rings (SSSR count). The fraction of sp³-hybridized carbons (Fsp3) is 0.385. The molecule has 1 fully saturated rings. The molecular weight excluding hydrogens is 278 g/mol. The summed E-state index contributed by atoms with van der Waals surface area (Å²) in [5.41, 5.74) is 0.926. The molecule has 1 aliphatic carbocycles. The molecule has 0 unspecified atom stereocenters. The molecule has 2 heterocycles. The summed E-state index contributed by atoms with van der Waals surface area (Å²) in [5.74, 6) is 0.578. The van der Waals surface area contributed by atoms with E-state index in [-0.39, 0.29) is 5.56 Å². The van der Waals surface area contributed by atoms with E-state index in [2.05, 4.69) is 20.6 Å². The standard InChI is InChI=1S/C13H14ClN5O/c14-11-7-17-19(8-9-3-4-9)13(20)12(11)15-6-10-2-1-5-16-18-10/h1-2,5,7,9,15H,3-4,6,8H2. The van der Waals surface area contributed by atoms with Crippen molar-refractivity contribution in [2.45, 2.75) is 25.9 Å². The summed E-state index contributed by atoms with van der Waals surface area (Å²) in [5, 5.41) is 15.2. The Kier molecular flexibility index (Phi) is 3.64. The predicted molar refractivity (Wildman–Crippen MR) is 75.6 cm³/mol. The zero-order chi connectivity index (χ0) is 13.9. The minimum absolute atomic E-state index is 0.187. The highest BCUT2D eigenvalue weighted by molar-refractivity contribution is 6.32. The van der Waals surface area contributed by atoms with E-state index >= 15 is 0 Å². The van der Waals surface area contributed by atoms with Crippen LogP contribution in [-0.4, -0.2) is 20.0 Å². The summed E-state index contributed by atoms with van der Waals surface area (Å²) in [7, 11) is 0. The first-order valence-electron chi connectivity index (χ1n) is 6.50. The highest BCUT2D eigenvalue weighted by Gasteiger charge is 2.23. The first kappa shape index (κ1) is 13.1. The monoisotopic (exact) mass is 291 g/mol. The largest absolute Gasteiger partial charge is 0.374 e. The van der Waals surface area contributed by atoms with Crippen molar-refractivity contribution >= 4 is 17.3 Å². The SMILES string of the molecule is O=c1c(NCc2cccnn2)c(Cl)cnn1CC1CC1. The van der Waals surface area contributed by atoms with Crippen LogP contribution in [0.1, 0.15) is 18.5 Å². The zero-order valence-corrected chi connectivity index (χ0v) is 11.5. The molecule has 2 aromatic heterocycles. The average molecular weight is 292 g/mol. The van der Waals surface area contributed by atoms with Gasteiger partial charge in [0.05, 0.1) is 23.5 Å². The lowest BCUT2D eigenvalue weighted by Crippen LogP contribution is -2.26. The van der Waals surface area contributed by atoms with Gasteiger partial charge in [-0.3, -0.25) is 4.79 Å². The number of nitrogens with zero attached hydrogens (tertiary/aromatic N) is 4. The number of hydrogen-bond acceptors (Lipinski definition) is 5. The van der Waals surface area contributed by atoms with E-state index in [1.165, 1.54) is 23.7 Å². The molecule has 0 saturated heterocycles. The maximum atomic E-state index is 12.3. The Morgan fingerprint density at radius 2 is 2.30 bits per heavy atom. The molecule has 1 N–H and O–H groups in total. The smallest absolute Gasteiger partial charge is 0.291 e. The summed E-state index contributed by atoms with van der Waals surface area (Å²) >= 11 is 6.05. The topological polar surface area (TPSA) is 72.7 Å². The molecule has 6 nitrogen and oxygen atoms in total. The fourth-order valence-corrected chi connectivity index (χ4v) is 2.10. The Labute approximate surface area is 120 Å². The normalized spacial score (nSPS) is 14.2. The Bertz CT molecular complexity index is 654. The van der Waals surface area contributed by atoms with Gasteiger partial charge >= 0.3 is 0 Å². The molecule has 0 bridgehead atoms. The fourth-order valence-electron chi connectivity index (χ4n) is 1.91. The van der Waals surface area contributed by atoms with Gasteiger partial charge in [-0.2, -0.15) is 15.3 Å². The van der Waals surface area contributed by atoms with Gasteiger partial charge in [-0.15, -0.1) is 0 Å². The number of aromatic nitrogens is 4. The lowest BCUT2D eigenvalue weighted by Gasteiger charge is -2.09. The van der Waals surface area contributed by atoms with Crippen molar-refractivity contribution in [3.63, 3.8) is 0 Å². The molecule has 0 spiro atoms. The third-order valence-electron chi connectivity index (χ3n) is 3.20. The minimum atomic E-state index is -0.187. The Morgan fingerprint density at radius 1 is 1.45 bits per heavy atom. The Hall–Kier alpha value is -1.95. The van der Waals surface area contributed by atoms with Crippen LogP contribution in [0.2, 0.25) is 5.02 Å². The van der Waals surface area contributed by atoms with Crippen molar-refractivity contribution in [1.29, 1.82) is 0 Å². The van der Waals surface area contributed by atoms with Crippen molar-refractivity contribution in [3.05, 3.63) is 45.6 Å². The van der Waals surface area contributed by atoms with Crippen molar-refractivity contribution in [1.82, 2.24) is 20.0 Å². The van der Waals surface area contributed by atoms with Crippen LogP contribution in [0.25, 0.3) is 0 Å². The molecule has 1 aliphatic rings. The number of anilines is 1. The molecule has 0 aromatic carbocycles. The van der Waals surface area contributed by atoms with E-state index in [0.29, 0.717) is 29.7 Å². The second-order valence-corrected chi connectivity index (χ2v) is 5.27. The lowest BCUT2D eigenvalue weighted by molar-refractivity contribution is 0.534. The molecule has 2 aromatic rings. The predicted octanol–water partition coefficient (Wildman–Crippen LogP) is 1.71. The molecule has 7 heteroatoms. The number of rotatable bonds is 5. The highest BCUT2D eigenvalue weighted by Crippen LogP contribution is 2.30. The second-order valence-electron chi connectivity index (χ2n) is 4.87. The molecule has 104 valence electrons. The van der Waals surface area contributed by atoms with E-state index in [4.69, 9.17) is 11.6 Å². The quantitative estimate of drug-likeness (QED) is 0.908. The van der Waals surface area contributed by atoms with Gasteiger partial charge in [-0.1, -0.05) is 11.6 Å². The average Bonchev–Trinajstić information content (AvgIpc) is 3.27. The molecule has 0 radical (unpaired) electrons. The van der Waals surface area contributed by atoms with Crippen LogP contribution >= 0.6 is 11.6 Å². The lowest BCUT2D eigenvalue weighted by atomic mass is 10.3. The van der Waals surface area contributed by atoms with E-state index in [0.717, 1.165) is 5.69 Å². The van der Waals surface area contributed by atoms with Gasteiger partial charge in [0.25, 0.3) is 5.56 Å². The molecule has 0 aliphatic heterocycles. The summed E-state index contributed by atoms with van der Waals surface area (Å²) in [4.78, 5) is 12.3. The minimum Gasteiger partial charge on any atom is -0.374 e. The third kappa shape index (κ3) is 2.96. The summed E-state index contributed by atoms with van der Waals surface area (Å²) in [6.45, 7) is 1.06. The number of hydrogen-bond donors (Lipinski definition) is 1. The molecule has 0 atom stereocenters. The van der Waals surface area contributed by atoms with E-state index < -0.39 is 0 Å². The summed E-state index contributed by atoms with van der Waals surface area (Å²) in [6.07, 6.45) is 5.44. The maximum Gasteiger partial charge on any atom is 0.291 e. The van der Waals surface area contributed by atoms with Crippen molar-refractivity contribution in [2.24, 2.45) is 5.92 Å². The van der Waals surface area contributed by atoms with Crippen LogP contribution in [0, 0.1) is 5.92 Å². The van der Waals surface area contributed by atoms with Crippen LogP contribution in [0.15, 0.2) is 29.3 Å². The number of nitrogens with one attached hydrogen (secondary N) is 1. The van der Waals surface area contributed by atoms with Crippen LogP contribution < -0.4 is 10.9 Å². The highest BCUT2D eigenvalue weighted by atomic mass is 35.5. The van der Waals surface area contributed by atoms with Crippen LogP contribution in [0.4, 0.5) is 5.69 Å². The van der Waals surface area contributed by atoms with Crippen molar-refractivity contribution in [3.8, 4) is 0 Å². The summed E-state index contributed by atoms with van der Waals surface area (Å²) in [6, 6.07) is 3.63. The van der Waals surface area contributed by atoms with Gasteiger partial charge in [-0.25, -0.2) is 4.68 Å². The third-order valence-corrected chi connectivity index (χ3v) is 3.49. The van der Waals surface area contributed by atoms with Gasteiger partial charge in [-0.05, 0) is 30.9 Å². The van der Waals surface area contributed by atoms with Crippen molar-refractivity contribution < 1.29 is 0 Å². The first-order chi connectivity index (χ1) is 9.74. The van der Waals surface area contributed by atoms with Gasteiger partial charge in [0.1, 0.15) is 5.69 Å². The van der Waals surface area contributed by atoms with Crippen LogP contribution in [0.5, 0.6) is 0 Å². The van der Waals surface area contributed by atoms with Gasteiger partial charge in [0.15, 0.2) is 0 Å². The summed E-state index contributed by atoms with van der Waals surface area (Å²) < 4.78 is 1.47. The zero-order valence-electron chi connectivity index (χ0n) is 10.8. The molecule has 1 saturated carbocycles. The Morgan fingerprint density at radius 3 is 3.00 bits per heavy atom. The second kappa shape index (κ2) is 5.58. The Balaban J connectivity index is 1.79. The van der Waals surface area contributed by atoms with Gasteiger partial charge < -0.3 is 5.32 Å². The molecular formula is C13H14ClN5O. The van der Waals surface area contributed by atoms with Crippen molar-refractivity contribution in [2.75, 3.05) is 5.32 Å².